The van der Waals surface area contributed by atoms with E-state index in [-0.39, 0.29) is 17.9 Å². The summed E-state index contributed by atoms with van der Waals surface area (Å²) >= 11 is 0. The highest BCUT2D eigenvalue weighted by Crippen LogP contribution is 2.26. The van der Waals surface area contributed by atoms with E-state index in [1.165, 1.54) is 24.8 Å². The van der Waals surface area contributed by atoms with E-state index in [1.807, 2.05) is 48.5 Å². The lowest BCUT2D eigenvalue weighted by Crippen LogP contribution is -2.40. The Bertz CT molecular complexity index is 1250. The zero-order chi connectivity index (χ0) is 26.9. The van der Waals surface area contributed by atoms with Crippen LogP contribution in [0.4, 0.5) is 0 Å². The monoisotopic (exact) mass is 525 g/mol. The summed E-state index contributed by atoms with van der Waals surface area (Å²) in [4.78, 5) is 28.5. The summed E-state index contributed by atoms with van der Waals surface area (Å²) in [6.07, 6.45) is 7.07. The number of carbonyl (C=O) groups excluding carboxylic acids is 2. The number of hydrogen-bond acceptors (Lipinski definition) is 4. The molecule has 1 fully saturated rings. The standard InChI is InChI=1S/C33H39N3O3/c37-32-27-14-10-11-25(21-27)22-29-23-28(15-16-31(29)39-20-9-2-6-17-34-32)33(38)35-24-30(26-12-4-1-5-13-26)36-18-7-3-8-19-36/h1,4-5,10-16,21,23,30H,2-3,6-9,17-20,22,24H2,(H,34,37)(H,35,38). The van der Waals surface area contributed by atoms with E-state index in [4.69, 9.17) is 4.74 Å². The van der Waals surface area contributed by atoms with Gasteiger partial charge in [0.25, 0.3) is 11.8 Å². The fraction of sp³-hybridized carbons (Fsp3) is 0.394. The van der Waals surface area contributed by atoms with Gasteiger partial charge in [-0.2, -0.15) is 0 Å². The largest absolute Gasteiger partial charge is 0.493 e. The van der Waals surface area contributed by atoms with Gasteiger partial charge < -0.3 is 15.4 Å². The predicted octanol–water partition coefficient (Wildman–Crippen LogP) is 5.53. The van der Waals surface area contributed by atoms with Crippen LogP contribution in [0.15, 0.2) is 72.8 Å². The average molecular weight is 526 g/mol. The number of amides is 2. The summed E-state index contributed by atoms with van der Waals surface area (Å²) in [5.41, 5.74) is 4.48. The molecule has 0 aliphatic carbocycles. The van der Waals surface area contributed by atoms with Gasteiger partial charge in [0.05, 0.1) is 12.6 Å². The Morgan fingerprint density at radius 1 is 0.897 bits per heavy atom. The number of fused-ring (bicyclic) bond motifs is 3. The van der Waals surface area contributed by atoms with Gasteiger partial charge in [0.15, 0.2) is 0 Å². The third-order valence-corrected chi connectivity index (χ3v) is 7.74. The quantitative estimate of drug-likeness (QED) is 0.460. The van der Waals surface area contributed by atoms with Crippen molar-refractivity contribution in [3.05, 3.63) is 101 Å². The first-order chi connectivity index (χ1) is 19.2. The Morgan fingerprint density at radius 3 is 2.56 bits per heavy atom. The molecule has 6 heteroatoms. The van der Waals surface area contributed by atoms with Crippen molar-refractivity contribution in [2.45, 2.75) is 51.0 Å². The fourth-order valence-corrected chi connectivity index (χ4v) is 5.59. The summed E-state index contributed by atoms with van der Waals surface area (Å²) < 4.78 is 6.17. The van der Waals surface area contributed by atoms with Crippen LogP contribution in [-0.4, -0.2) is 49.5 Å². The predicted molar refractivity (Wildman–Crippen MR) is 154 cm³/mol. The van der Waals surface area contributed by atoms with Gasteiger partial charge in [0.2, 0.25) is 0 Å². The van der Waals surface area contributed by atoms with Crippen LogP contribution in [0.25, 0.3) is 0 Å². The Hall–Kier alpha value is -3.64. The fourth-order valence-electron chi connectivity index (χ4n) is 5.59. The third kappa shape index (κ3) is 7.27. The van der Waals surface area contributed by atoms with Crippen molar-refractivity contribution in [3.63, 3.8) is 0 Å². The van der Waals surface area contributed by atoms with E-state index in [1.54, 1.807) is 0 Å². The number of piperidine rings is 1. The lowest BCUT2D eigenvalue weighted by atomic mass is 9.99. The lowest BCUT2D eigenvalue weighted by molar-refractivity contribution is 0.0922. The van der Waals surface area contributed by atoms with Crippen LogP contribution in [0.5, 0.6) is 5.75 Å². The van der Waals surface area contributed by atoms with Gasteiger partial charge in [-0.3, -0.25) is 14.5 Å². The number of nitrogens with one attached hydrogen (secondary N) is 2. The van der Waals surface area contributed by atoms with Crippen molar-refractivity contribution in [3.8, 4) is 5.75 Å². The minimum atomic E-state index is -0.0803. The molecular formula is C33H39N3O3. The first-order valence-corrected chi connectivity index (χ1v) is 14.4. The lowest BCUT2D eigenvalue weighted by Gasteiger charge is -2.35. The van der Waals surface area contributed by atoms with Crippen LogP contribution < -0.4 is 15.4 Å². The summed E-state index contributed by atoms with van der Waals surface area (Å²) in [6, 6.07) is 24.1. The van der Waals surface area contributed by atoms with Crippen molar-refractivity contribution >= 4 is 11.8 Å². The zero-order valence-corrected chi connectivity index (χ0v) is 22.7. The molecule has 204 valence electrons. The third-order valence-electron chi connectivity index (χ3n) is 7.74. The average Bonchev–Trinajstić information content (AvgIpc) is 2.98. The second kappa shape index (κ2) is 13.4. The number of nitrogens with zero attached hydrogens (tertiary/aromatic N) is 1. The Balaban J connectivity index is 1.35. The number of likely N-dealkylation sites (tertiary alicyclic amines) is 1. The Labute approximate surface area is 231 Å². The molecule has 39 heavy (non-hydrogen) atoms. The first kappa shape index (κ1) is 26.9. The molecule has 0 spiro atoms. The second-order valence-corrected chi connectivity index (χ2v) is 10.6. The molecule has 6 nitrogen and oxygen atoms in total. The van der Waals surface area contributed by atoms with E-state index in [2.05, 4.69) is 39.8 Å². The molecule has 1 saturated heterocycles. The van der Waals surface area contributed by atoms with Crippen molar-refractivity contribution in [2.75, 3.05) is 32.8 Å². The van der Waals surface area contributed by atoms with E-state index >= 15 is 0 Å². The van der Waals surface area contributed by atoms with E-state index in [0.717, 1.165) is 49.2 Å². The molecule has 2 amide bonds. The maximum Gasteiger partial charge on any atom is 0.251 e. The SMILES string of the molecule is O=C1NCCCCCOc2ccc(C(=O)NCC(c3ccccc3)N3CCCCC3)cc2Cc2cccc1c2. The highest BCUT2D eigenvalue weighted by Gasteiger charge is 2.23. The summed E-state index contributed by atoms with van der Waals surface area (Å²) in [6.45, 7) is 3.96. The molecule has 0 radical (unpaired) electrons. The van der Waals surface area contributed by atoms with E-state index < -0.39 is 0 Å². The minimum absolute atomic E-state index is 0.0415. The normalized spacial score (nSPS) is 17.6. The van der Waals surface area contributed by atoms with E-state index in [0.29, 0.717) is 37.2 Å². The Kier molecular flexibility index (Phi) is 9.28. The van der Waals surface area contributed by atoms with Crippen LogP contribution in [0.3, 0.4) is 0 Å². The maximum atomic E-state index is 13.4. The summed E-state index contributed by atoms with van der Waals surface area (Å²) in [5, 5.41) is 6.23. The molecule has 1 atom stereocenters. The molecule has 2 aliphatic heterocycles. The van der Waals surface area contributed by atoms with Gasteiger partial charge in [-0.05, 0) is 92.2 Å². The molecule has 5 rings (SSSR count). The molecule has 2 bridgehead atoms. The highest BCUT2D eigenvalue weighted by molar-refractivity contribution is 5.95. The minimum Gasteiger partial charge on any atom is -0.493 e. The number of ether oxygens (including phenoxy) is 1. The van der Waals surface area contributed by atoms with Crippen LogP contribution in [0.1, 0.15) is 82.0 Å². The van der Waals surface area contributed by atoms with E-state index in [9.17, 15) is 9.59 Å². The topological polar surface area (TPSA) is 70.7 Å². The molecule has 0 saturated carbocycles. The molecule has 2 heterocycles. The van der Waals surface area contributed by atoms with Gasteiger partial charge >= 0.3 is 0 Å². The zero-order valence-electron chi connectivity index (χ0n) is 22.7. The van der Waals surface area contributed by atoms with Crippen LogP contribution in [0, 0.1) is 0 Å². The van der Waals surface area contributed by atoms with Crippen molar-refractivity contribution < 1.29 is 14.3 Å². The molecule has 3 aromatic carbocycles. The van der Waals surface area contributed by atoms with Crippen molar-refractivity contribution in [2.24, 2.45) is 0 Å². The second-order valence-electron chi connectivity index (χ2n) is 10.6. The number of benzene rings is 3. The smallest absolute Gasteiger partial charge is 0.251 e. The summed E-state index contributed by atoms with van der Waals surface area (Å²) in [7, 11) is 0. The van der Waals surface area contributed by atoms with Crippen molar-refractivity contribution in [1.29, 1.82) is 0 Å². The number of rotatable bonds is 5. The summed E-state index contributed by atoms with van der Waals surface area (Å²) in [5.74, 6) is 0.678. The molecule has 1 unspecified atom stereocenters. The van der Waals surface area contributed by atoms with Gasteiger partial charge in [0, 0.05) is 30.6 Å². The van der Waals surface area contributed by atoms with Gasteiger partial charge in [-0.1, -0.05) is 48.9 Å². The number of hydrogen-bond donors (Lipinski definition) is 2. The van der Waals surface area contributed by atoms with Crippen LogP contribution >= 0.6 is 0 Å². The highest BCUT2D eigenvalue weighted by atomic mass is 16.5. The van der Waals surface area contributed by atoms with Crippen molar-refractivity contribution in [1.82, 2.24) is 15.5 Å². The van der Waals surface area contributed by atoms with Gasteiger partial charge in [-0.25, -0.2) is 0 Å². The molecular weight excluding hydrogens is 486 g/mol. The number of carbonyl (C=O) groups is 2. The molecule has 2 N–H and O–H groups in total. The van der Waals surface area contributed by atoms with Gasteiger partial charge in [0.1, 0.15) is 5.75 Å². The molecule has 0 aromatic heterocycles. The first-order valence-electron chi connectivity index (χ1n) is 14.4. The molecule has 3 aromatic rings. The Morgan fingerprint density at radius 2 is 1.72 bits per heavy atom. The van der Waals surface area contributed by atoms with Crippen LogP contribution in [-0.2, 0) is 6.42 Å². The van der Waals surface area contributed by atoms with Gasteiger partial charge in [-0.15, -0.1) is 0 Å². The maximum absolute atomic E-state index is 13.4. The molecule has 2 aliphatic rings. The van der Waals surface area contributed by atoms with Crippen LogP contribution in [0.2, 0.25) is 0 Å².